The van der Waals surface area contributed by atoms with Gasteiger partial charge in [-0.1, -0.05) is 0 Å². The van der Waals surface area contributed by atoms with Crippen molar-refractivity contribution in [2.45, 2.75) is 18.6 Å². The molecule has 1 aromatic carbocycles. The van der Waals surface area contributed by atoms with E-state index in [1.54, 1.807) is 0 Å². The van der Waals surface area contributed by atoms with Gasteiger partial charge in [0.25, 0.3) is 0 Å². The number of urea groups is 1. The third kappa shape index (κ3) is 3.07. The van der Waals surface area contributed by atoms with Gasteiger partial charge in [0.15, 0.2) is 0 Å². The summed E-state index contributed by atoms with van der Waals surface area (Å²) in [5.74, 6) is -1.71. The normalized spacial score (nSPS) is 21.9. The van der Waals surface area contributed by atoms with E-state index in [2.05, 4.69) is 21.2 Å². The number of nitrogens with one attached hydrogen (secondary N) is 1. The number of hydrogen-bond donors (Lipinski definition) is 3. The predicted octanol–water partition coefficient (Wildman–Crippen LogP) is 1.64. The van der Waals surface area contributed by atoms with Crippen molar-refractivity contribution < 1.29 is 24.2 Å². The molecule has 20 heavy (non-hydrogen) atoms. The van der Waals surface area contributed by atoms with Gasteiger partial charge in [-0.3, -0.25) is 0 Å². The van der Waals surface area contributed by atoms with Crippen molar-refractivity contribution in [3.05, 3.63) is 28.5 Å². The minimum Gasteiger partial charge on any atom is -0.480 e. The molecule has 1 saturated heterocycles. The van der Waals surface area contributed by atoms with Crippen LogP contribution in [0.15, 0.2) is 22.7 Å². The largest absolute Gasteiger partial charge is 0.480 e. The number of hydrogen-bond acceptors (Lipinski definition) is 3. The first kappa shape index (κ1) is 14.7. The van der Waals surface area contributed by atoms with Crippen molar-refractivity contribution in [3.8, 4) is 0 Å². The molecular weight excluding hydrogens is 335 g/mol. The van der Waals surface area contributed by atoms with E-state index in [4.69, 9.17) is 5.11 Å². The molecule has 1 fully saturated rings. The predicted molar refractivity (Wildman–Crippen MR) is 71.9 cm³/mol. The van der Waals surface area contributed by atoms with Crippen molar-refractivity contribution in [2.75, 3.05) is 11.9 Å². The maximum atomic E-state index is 13.1. The number of carboxylic acid groups (broad SMARTS) is 1. The van der Waals surface area contributed by atoms with Gasteiger partial charge >= 0.3 is 12.0 Å². The second-order valence-corrected chi connectivity index (χ2v) is 5.30. The summed E-state index contributed by atoms with van der Waals surface area (Å²) >= 11 is 3.16. The Kier molecular flexibility index (Phi) is 4.24. The van der Waals surface area contributed by atoms with E-state index >= 15 is 0 Å². The fraction of sp³-hybridized carbons (Fsp3) is 0.333. The summed E-state index contributed by atoms with van der Waals surface area (Å²) in [5, 5.41) is 20.9. The number of aliphatic carboxylic acids is 1. The van der Waals surface area contributed by atoms with Gasteiger partial charge in [-0.15, -0.1) is 0 Å². The molecule has 3 N–H and O–H groups in total. The van der Waals surface area contributed by atoms with E-state index in [0.717, 1.165) is 11.0 Å². The van der Waals surface area contributed by atoms with Gasteiger partial charge in [0.1, 0.15) is 11.9 Å². The maximum Gasteiger partial charge on any atom is 0.326 e. The quantitative estimate of drug-likeness (QED) is 0.759. The molecule has 1 aliphatic heterocycles. The number of anilines is 1. The number of nitrogens with zero attached hydrogens (tertiary/aromatic N) is 1. The third-order valence-electron chi connectivity index (χ3n) is 2.99. The lowest BCUT2D eigenvalue weighted by atomic mass is 10.2. The number of halogens is 2. The maximum absolute atomic E-state index is 13.1. The number of rotatable bonds is 2. The summed E-state index contributed by atoms with van der Waals surface area (Å²) in [6.45, 7) is -0.0737. The molecule has 0 bridgehead atoms. The van der Waals surface area contributed by atoms with Crippen LogP contribution >= 0.6 is 15.9 Å². The number of aliphatic hydroxyl groups is 1. The highest BCUT2D eigenvalue weighted by molar-refractivity contribution is 9.10. The Balaban J connectivity index is 2.15. The van der Waals surface area contributed by atoms with Crippen molar-refractivity contribution in [1.82, 2.24) is 4.90 Å². The van der Waals surface area contributed by atoms with Crippen molar-refractivity contribution in [2.24, 2.45) is 0 Å². The van der Waals surface area contributed by atoms with E-state index in [-0.39, 0.29) is 18.7 Å². The number of carboxylic acids is 1. The Morgan fingerprint density at radius 1 is 1.45 bits per heavy atom. The monoisotopic (exact) mass is 346 g/mol. The summed E-state index contributed by atoms with van der Waals surface area (Å²) in [5.41, 5.74) is 0.195. The van der Waals surface area contributed by atoms with Gasteiger partial charge in [0, 0.05) is 17.4 Å². The van der Waals surface area contributed by atoms with Gasteiger partial charge in [-0.2, -0.15) is 0 Å². The first-order valence-electron chi connectivity index (χ1n) is 5.82. The lowest BCUT2D eigenvalue weighted by Crippen LogP contribution is -2.43. The average Bonchev–Trinajstić information content (AvgIpc) is 2.76. The Morgan fingerprint density at radius 3 is 2.80 bits per heavy atom. The van der Waals surface area contributed by atoms with Crippen LogP contribution in [0.5, 0.6) is 0 Å². The van der Waals surface area contributed by atoms with Crippen molar-refractivity contribution >= 4 is 33.6 Å². The molecular formula is C12H12BrFN2O4. The minimum absolute atomic E-state index is 0.0208. The number of β-amino-alcohol motifs (C(OH)–C–C–N with tert-alkyl or cyclic N) is 1. The second kappa shape index (κ2) is 5.76. The summed E-state index contributed by atoms with van der Waals surface area (Å²) in [6, 6.07) is 1.99. The molecule has 1 heterocycles. The van der Waals surface area contributed by atoms with Crippen LogP contribution in [0.1, 0.15) is 6.42 Å². The first-order valence-corrected chi connectivity index (χ1v) is 6.61. The third-order valence-corrected chi connectivity index (χ3v) is 3.69. The zero-order valence-corrected chi connectivity index (χ0v) is 11.8. The number of carbonyl (C=O) groups excluding carboxylic acids is 1. The Bertz CT molecular complexity index is 554. The number of carbonyl (C=O) groups is 2. The van der Waals surface area contributed by atoms with Gasteiger partial charge in [-0.25, -0.2) is 14.0 Å². The van der Waals surface area contributed by atoms with Crippen LogP contribution in [0.25, 0.3) is 0 Å². The van der Waals surface area contributed by atoms with Crippen molar-refractivity contribution in [3.63, 3.8) is 0 Å². The van der Waals surface area contributed by atoms with E-state index < -0.39 is 30.0 Å². The summed E-state index contributed by atoms with van der Waals surface area (Å²) in [7, 11) is 0. The van der Waals surface area contributed by atoms with Crippen LogP contribution < -0.4 is 5.32 Å². The highest BCUT2D eigenvalue weighted by atomic mass is 79.9. The van der Waals surface area contributed by atoms with Crippen LogP contribution in [-0.4, -0.2) is 45.8 Å². The molecule has 2 amide bonds. The Hall–Kier alpha value is -1.67. The van der Waals surface area contributed by atoms with Crippen LogP contribution in [0, 0.1) is 5.82 Å². The van der Waals surface area contributed by atoms with Crippen molar-refractivity contribution in [1.29, 1.82) is 0 Å². The van der Waals surface area contributed by atoms with E-state index in [0.29, 0.717) is 4.47 Å². The number of aliphatic hydroxyl groups excluding tert-OH is 1. The summed E-state index contributed by atoms with van der Waals surface area (Å²) in [6.07, 6.45) is -0.898. The zero-order valence-electron chi connectivity index (χ0n) is 10.2. The van der Waals surface area contributed by atoms with E-state index in [1.807, 2.05) is 0 Å². The van der Waals surface area contributed by atoms with Crippen LogP contribution in [-0.2, 0) is 4.79 Å². The molecule has 0 aliphatic carbocycles. The van der Waals surface area contributed by atoms with Gasteiger partial charge < -0.3 is 20.4 Å². The number of amides is 2. The second-order valence-electron chi connectivity index (χ2n) is 4.45. The smallest absolute Gasteiger partial charge is 0.326 e. The molecule has 1 aliphatic rings. The highest BCUT2D eigenvalue weighted by Crippen LogP contribution is 2.25. The SMILES string of the molecule is O=C(O)[C@@H]1CC(O)CN1C(=O)Nc1cc(F)ccc1Br. The average molecular weight is 347 g/mol. The van der Waals surface area contributed by atoms with Crippen LogP contribution in [0.2, 0.25) is 0 Å². The van der Waals surface area contributed by atoms with E-state index in [9.17, 15) is 19.1 Å². The molecule has 6 nitrogen and oxygen atoms in total. The first-order chi connectivity index (χ1) is 9.38. The summed E-state index contributed by atoms with van der Waals surface area (Å²) < 4.78 is 13.6. The molecule has 8 heteroatoms. The topological polar surface area (TPSA) is 89.9 Å². The highest BCUT2D eigenvalue weighted by Gasteiger charge is 2.39. The molecule has 0 spiro atoms. The molecule has 0 saturated carbocycles. The molecule has 108 valence electrons. The number of benzene rings is 1. The standard InChI is InChI=1S/C12H12BrFN2O4/c13-8-2-1-6(14)3-9(8)15-12(20)16-5-7(17)4-10(16)11(18)19/h1-3,7,10,17H,4-5H2,(H,15,20)(H,18,19)/t7?,10-/m0/s1. The fourth-order valence-corrected chi connectivity index (χ4v) is 2.40. The summed E-state index contributed by atoms with van der Waals surface area (Å²) in [4.78, 5) is 24.1. The number of likely N-dealkylation sites (tertiary alicyclic amines) is 1. The minimum atomic E-state index is -1.19. The molecule has 2 rings (SSSR count). The fourth-order valence-electron chi connectivity index (χ4n) is 2.05. The molecule has 0 radical (unpaired) electrons. The van der Waals surface area contributed by atoms with Gasteiger partial charge in [0.05, 0.1) is 11.8 Å². The zero-order chi connectivity index (χ0) is 14.9. The van der Waals surface area contributed by atoms with Gasteiger partial charge in [0.2, 0.25) is 0 Å². The van der Waals surface area contributed by atoms with E-state index in [1.165, 1.54) is 12.1 Å². The van der Waals surface area contributed by atoms with Crippen LogP contribution in [0.3, 0.4) is 0 Å². The molecule has 1 unspecified atom stereocenters. The van der Waals surface area contributed by atoms with Crippen LogP contribution in [0.4, 0.5) is 14.9 Å². The lowest BCUT2D eigenvalue weighted by Gasteiger charge is -2.21. The Labute approximate surface area is 122 Å². The Morgan fingerprint density at radius 2 is 2.15 bits per heavy atom. The molecule has 1 aromatic rings. The molecule has 0 aromatic heterocycles. The van der Waals surface area contributed by atoms with Gasteiger partial charge in [-0.05, 0) is 34.1 Å². The molecule has 2 atom stereocenters. The lowest BCUT2D eigenvalue weighted by molar-refractivity contribution is -0.141.